The monoisotopic (exact) mass is 564 g/mol. The second-order valence-corrected chi connectivity index (χ2v) is 15.8. The summed E-state index contributed by atoms with van der Waals surface area (Å²) in [5, 5.41) is 0. The predicted octanol–water partition coefficient (Wildman–Crippen LogP) is 9.85. The highest BCUT2D eigenvalue weighted by Gasteiger charge is 2.36. The van der Waals surface area contributed by atoms with Gasteiger partial charge in [-0.25, -0.2) is 9.98 Å². The molecular formula is C38H48N2O2. The molecule has 0 saturated heterocycles. The van der Waals surface area contributed by atoms with E-state index in [0.29, 0.717) is 0 Å². The fraction of sp³-hybridized carbons (Fsp3) is 0.474. The molecule has 0 fully saturated rings. The lowest BCUT2D eigenvalue weighted by molar-refractivity contribution is 0.234. The van der Waals surface area contributed by atoms with Crippen LogP contribution in [0.25, 0.3) is 0 Å². The van der Waals surface area contributed by atoms with Crippen molar-refractivity contribution >= 4 is 11.8 Å². The van der Waals surface area contributed by atoms with E-state index >= 15 is 0 Å². The summed E-state index contributed by atoms with van der Waals surface area (Å²) in [5.41, 5.74) is 6.50. The molecule has 0 spiro atoms. The zero-order chi connectivity index (χ0) is 30.5. The molecule has 0 bridgehead atoms. The van der Waals surface area contributed by atoms with Gasteiger partial charge in [-0.1, -0.05) is 96.1 Å². The average molecular weight is 565 g/mol. The van der Waals surface area contributed by atoms with Gasteiger partial charge in [0.15, 0.2) is 12.2 Å². The minimum Gasteiger partial charge on any atom is -0.464 e. The van der Waals surface area contributed by atoms with Gasteiger partial charge >= 0.3 is 0 Å². The van der Waals surface area contributed by atoms with E-state index < -0.39 is 0 Å². The van der Waals surface area contributed by atoms with Crippen LogP contribution in [-0.2, 0) is 9.47 Å². The third-order valence-electron chi connectivity index (χ3n) is 7.66. The molecule has 4 nitrogen and oxygen atoms in total. The second-order valence-electron chi connectivity index (χ2n) is 15.8. The van der Waals surface area contributed by atoms with Crippen molar-refractivity contribution in [3.8, 4) is 0 Å². The van der Waals surface area contributed by atoms with Crippen molar-refractivity contribution in [1.82, 2.24) is 0 Å². The van der Waals surface area contributed by atoms with E-state index in [2.05, 4.69) is 142 Å². The molecule has 2 unspecified atom stereocenters. The van der Waals surface area contributed by atoms with Crippen LogP contribution >= 0.6 is 0 Å². The lowest BCUT2D eigenvalue weighted by Gasteiger charge is -2.29. The molecule has 0 radical (unpaired) electrons. The van der Waals surface area contributed by atoms with Crippen LogP contribution in [0.4, 0.5) is 0 Å². The van der Waals surface area contributed by atoms with Gasteiger partial charge in [0, 0.05) is 22.3 Å². The lowest BCUT2D eigenvalue weighted by Crippen LogP contribution is -2.26. The van der Waals surface area contributed by atoms with Gasteiger partial charge in [-0.05, 0) is 80.7 Å². The van der Waals surface area contributed by atoms with Crippen LogP contribution in [0.2, 0.25) is 0 Å². The Morgan fingerprint density at radius 3 is 1.29 bits per heavy atom. The minimum atomic E-state index is -0.241. The number of nitrogens with zero attached hydrogens (tertiary/aromatic N) is 2. The van der Waals surface area contributed by atoms with Crippen molar-refractivity contribution in [3.63, 3.8) is 0 Å². The maximum atomic E-state index is 6.67. The molecule has 222 valence electrons. The first-order chi connectivity index (χ1) is 19.5. The summed E-state index contributed by atoms with van der Waals surface area (Å²) in [7, 11) is 0. The van der Waals surface area contributed by atoms with E-state index in [1.807, 2.05) is 0 Å². The quantitative estimate of drug-likeness (QED) is 0.299. The molecule has 0 saturated carbocycles. The van der Waals surface area contributed by atoms with E-state index in [4.69, 9.17) is 19.5 Å². The minimum absolute atomic E-state index is 0.168. The Bertz CT molecular complexity index is 1400. The molecule has 3 aromatic carbocycles. The van der Waals surface area contributed by atoms with Crippen LogP contribution in [0, 0.1) is 10.8 Å². The SMILES string of the molecule is CC(C)(C)CC(C)(C)N=C1OC(c2cccc(C3OC(=NC(C)(C)CC(C)(C)C)c4ccccc43)c2)c2ccccc21. The lowest BCUT2D eigenvalue weighted by atomic mass is 9.82. The molecule has 2 aliphatic rings. The van der Waals surface area contributed by atoms with Crippen LogP contribution < -0.4 is 0 Å². The van der Waals surface area contributed by atoms with Crippen molar-refractivity contribution in [3.05, 3.63) is 106 Å². The molecule has 5 rings (SSSR count). The summed E-state index contributed by atoms with van der Waals surface area (Å²) in [5.74, 6) is 1.46. The molecule has 0 amide bonds. The van der Waals surface area contributed by atoms with Crippen molar-refractivity contribution < 1.29 is 9.47 Å². The summed E-state index contributed by atoms with van der Waals surface area (Å²) < 4.78 is 13.3. The first kappa shape index (κ1) is 30.1. The van der Waals surface area contributed by atoms with Gasteiger partial charge in [0.2, 0.25) is 11.8 Å². The number of rotatable bonds is 6. The molecule has 0 aliphatic carbocycles. The maximum Gasteiger partial charge on any atom is 0.218 e. The van der Waals surface area contributed by atoms with Crippen molar-refractivity contribution in [2.24, 2.45) is 20.8 Å². The number of fused-ring (bicyclic) bond motifs is 2. The second kappa shape index (κ2) is 10.7. The fourth-order valence-corrected chi connectivity index (χ4v) is 7.10. The molecule has 0 N–H and O–H groups in total. The zero-order valence-electron chi connectivity index (χ0n) is 27.2. The Hall–Kier alpha value is -3.40. The molecular weight excluding hydrogens is 516 g/mol. The maximum absolute atomic E-state index is 6.67. The first-order valence-electron chi connectivity index (χ1n) is 15.3. The Balaban J connectivity index is 1.48. The van der Waals surface area contributed by atoms with Crippen molar-refractivity contribution in [1.29, 1.82) is 0 Å². The zero-order valence-corrected chi connectivity index (χ0v) is 27.2. The van der Waals surface area contributed by atoms with Gasteiger partial charge in [0.1, 0.15) is 0 Å². The van der Waals surface area contributed by atoms with Gasteiger partial charge < -0.3 is 9.47 Å². The number of aliphatic imine (C=N–C) groups is 2. The standard InChI is InChI=1S/C38H48N2O2/c1-35(2,3)23-37(7,8)39-33-29-20-13-11-18-27(29)31(41-33)25-16-15-17-26(22-25)32-28-19-12-14-21-30(28)34(42-32)40-38(9,10)24-36(4,5)6/h11-22,31-32H,23-24H2,1-10H3. The van der Waals surface area contributed by atoms with Crippen LogP contribution in [0.1, 0.15) is 128 Å². The van der Waals surface area contributed by atoms with Gasteiger partial charge in [0.25, 0.3) is 0 Å². The molecule has 2 aliphatic heterocycles. The highest BCUT2D eigenvalue weighted by Crippen LogP contribution is 2.42. The van der Waals surface area contributed by atoms with Gasteiger partial charge in [0.05, 0.1) is 11.1 Å². The third-order valence-corrected chi connectivity index (χ3v) is 7.66. The summed E-state index contributed by atoms with van der Waals surface area (Å²) >= 11 is 0. The largest absolute Gasteiger partial charge is 0.464 e. The average Bonchev–Trinajstić information content (AvgIpc) is 3.39. The van der Waals surface area contributed by atoms with Crippen molar-refractivity contribution in [2.75, 3.05) is 0 Å². The normalized spacial score (nSPS) is 20.8. The topological polar surface area (TPSA) is 43.2 Å². The van der Waals surface area contributed by atoms with E-state index in [0.717, 1.165) is 58.0 Å². The summed E-state index contributed by atoms with van der Waals surface area (Å²) in [6.45, 7) is 22.4. The third kappa shape index (κ3) is 6.80. The molecule has 42 heavy (non-hydrogen) atoms. The number of hydrogen-bond acceptors (Lipinski definition) is 4. The van der Waals surface area contributed by atoms with Crippen LogP contribution in [0.15, 0.2) is 82.8 Å². The van der Waals surface area contributed by atoms with Gasteiger partial charge in [-0.2, -0.15) is 0 Å². The summed E-state index contributed by atoms with van der Waals surface area (Å²) in [6.07, 6.45) is 1.48. The van der Waals surface area contributed by atoms with E-state index in [1.165, 1.54) is 0 Å². The molecule has 0 aromatic heterocycles. The first-order valence-corrected chi connectivity index (χ1v) is 15.3. The number of benzene rings is 3. The van der Waals surface area contributed by atoms with Crippen LogP contribution in [0.3, 0.4) is 0 Å². The highest BCUT2D eigenvalue weighted by molar-refractivity contribution is 5.99. The predicted molar refractivity (Wildman–Crippen MR) is 175 cm³/mol. The Morgan fingerprint density at radius 2 is 0.905 bits per heavy atom. The van der Waals surface area contributed by atoms with E-state index in [1.54, 1.807) is 0 Å². The Kier molecular flexibility index (Phi) is 7.66. The van der Waals surface area contributed by atoms with E-state index in [9.17, 15) is 0 Å². The molecule has 2 heterocycles. The molecule has 3 aromatic rings. The molecule has 2 atom stereocenters. The van der Waals surface area contributed by atoms with Crippen LogP contribution in [0.5, 0.6) is 0 Å². The van der Waals surface area contributed by atoms with Crippen LogP contribution in [-0.4, -0.2) is 22.9 Å². The van der Waals surface area contributed by atoms with Gasteiger partial charge in [-0.15, -0.1) is 0 Å². The Labute approximate surface area is 253 Å². The number of hydrogen-bond donors (Lipinski definition) is 0. The Morgan fingerprint density at radius 1 is 0.524 bits per heavy atom. The van der Waals surface area contributed by atoms with Gasteiger partial charge in [-0.3, -0.25) is 0 Å². The smallest absolute Gasteiger partial charge is 0.218 e. The summed E-state index contributed by atoms with van der Waals surface area (Å²) in [6, 6.07) is 25.5. The number of ether oxygens (including phenoxy) is 2. The van der Waals surface area contributed by atoms with Crippen molar-refractivity contribution in [2.45, 2.75) is 105 Å². The highest BCUT2D eigenvalue weighted by atomic mass is 16.5. The fourth-order valence-electron chi connectivity index (χ4n) is 7.10. The van der Waals surface area contributed by atoms with E-state index in [-0.39, 0.29) is 34.1 Å². The summed E-state index contributed by atoms with van der Waals surface area (Å²) in [4.78, 5) is 10.3. The molecule has 4 heteroatoms.